The van der Waals surface area contributed by atoms with Crippen molar-refractivity contribution in [2.75, 3.05) is 26.4 Å². The van der Waals surface area contributed by atoms with E-state index in [0.717, 1.165) is 135 Å². The van der Waals surface area contributed by atoms with Crippen LogP contribution in [0.1, 0.15) is 381 Å². The molecule has 0 radical (unpaired) electrons. The quantitative estimate of drug-likeness (QED) is 0.00889. The smallest absolute Gasteiger partial charge is 0.463 e. The normalized spacial score (nSPS) is 25.3. The number of rotatable bonds is 74. The second-order valence-corrected chi connectivity index (χ2v) is 34.2. The highest BCUT2D eigenvalue weighted by Crippen LogP contribution is 2.49. The maximum Gasteiger partial charge on any atom is 0.472 e. The lowest BCUT2D eigenvalue weighted by molar-refractivity contribution is -0.360. The number of carbonyl (C=O) groups is 4. The SMILES string of the molecule is CCCCCC/C=C\CCCCCCCCCC(=O)OCC1OC(OC2C(OC(=O)CCCCC/C=C\CCCCCCCC)C(O)C(O)C(OC3OC(CO)C(O)C(O)C3O)C2OP(=O)(O)OCC(COC(=O)CCCCCCCCCCCCCCCCCC)OC(=O)CCCCC/C=C\CCCCCCCC)C(O)C(O)C1O. The number of aliphatic hydroxyl groups excluding tert-OH is 9. The minimum atomic E-state index is -5.81. The molecule has 25 nitrogen and oxygen atoms in total. The zero-order chi connectivity index (χ0) is 84.7. The van der Waals surface area contributed by atoms with Gasteiger partial charge in [0.2, 0.25) is 0 Å². The van der Waals surface area contributed by atoms with Gasteiger partial charge in [-0.05, 0) is 103 Å². The van der Waals surface area contributed by atoms with Crippen molar-refractivity contribution in [3.8, 4) is 0 Å². The Bertz CT molecular complexity index is 2560. The van der Waals surface area contributed by atoms with Crippen LogP contribution in [-0.2, 0) is 70.7 Å². The molecule has 0 bridgehead atoms. The molecule has 0 amide bonds. The summed E-state index contributed by atoms with van der Waals surface area (Å²) in [7, 11) is -5.81. The van der Waals surface area contributed by atoms with Crippen molar-refractivity contribution < 1.29 is 122 Å². The number of phosphoric acid groups is 1. The van der Waals surface area contributed by atoms with E-state index < -0.39 is 162 Å². The first-order valence-electron chi connectivity index (χ1n) is 46.2. The lowest BCUT2D eigenvalue weighted by Crippen LogP contribution is -2.70. The van der Waals surface area contributed by atoms with Crippen molar-refractivity contribution in [2.24, 2.45) is 0 Å². The van der Waals surface area contributed by atoms with Gasteiger partial charge in [-0.3, -0.25) is 28.2 Å². The van der Waals surface area contributed by atoms with Gasteiger partial charge in [-0.2, -0.15) is 0 Å². The van der Waals surface area contributed by atoms with Gasteiger partial charge in [0, 0.05) is 25.7 Å². The van der Waals surface area contributed by atoms with E-state index in [1.807, 2.05) is 0 Å². The first-order chi connectivity index (χ1) is 56.2. The number of hydrogen-bond acceptors (Lipinski definition) is 24. The largest absolute Gasteiger partial charge is 0.472 e. The maximum atomic E-state index is 14.9. The van der Waals surface area contributed by atoms with E-state index in [1.54, 1.807) is 0 Å². The van der Waals surface area contributed by atoms with Crippen LogP contribution in [0.15, 0.2) is 36.5 Å². The summed E-state index contributed by atoms with van der Waals surface area (Å²) in [6.45, 7) is 5.53. The first kappa shape index (κ1) is 107. The second kappa shape index (κ2) is 69.1. The fourth-order valence-corrected chi connectivity index (χ4v) is 15.9. The molecule has 1 saturated carbocycles. The van der Waals surface area contributed by atoms with Crippen molar-refractivity contribution in [3.63, 3.8) is 0 Å². The molecule has 0 aromatic heterocycles. The maximum absolute atomic E-state index is 14.9. The van der Waals surface area contributed by atoms with Gasteiger partial charge in [-0.25, -0.2) is 4.57 Å². The van der Waals surface area contributed by atoms with Crippen LogP contribution in [0.4, 0.5) is 0 Å². The fourth-order valence-electron chi connectivity index (χ4n) is 14.9. The summed E-state index contributed by atoms with van der Waals surface area (Å²) in [5.74, 6) is -3.01. The van der Waals surface area contributed by atoms with E-state index in [4.69, 9.17) is 46.9 Å². The molecule has 3 rings (SSSR count). The summed E-state index contributed by atoms with van der Waals surface area (Å²) in [5, 5.41) is 102. The van der Waals surface area contributed by atoms with Crippen molar-refractivity contribution in [3.05, 3.63) is 36.5 Å². The Morgan fingerprint density at radius 3 is 1.04 bits per heavy atom. The van der Waals surface area contributed by atoms with Crippen LogP contribution in [0, 0.1) is 0 Å². The molecule has 0 aromatic rings. The molecule has 3 fully saturated rings. The number of allylic oxidation sites excluding steroid dienone is 6. The van der Waals surface area contributed by atoms with Gasteiger partial charge in [-0.15, -0.1) is 0 Å². The van der Waals surface area contributed by atoms with Gasteiger partial charge < -0.3 is 88.7 Å². The zero-order valence-corrected chi connectivity index (χ0v) is 72.9. The van der Waals surface area contributed by atoms with E-state index in [2.05, 4.69) is 64.2 Å². The van der Waals surface area contributed by atoms with E-state index in [1.165, 1.54) is 148 Å². The standard InChI is InChI=1S/C90H163O25P/c1-5-9-13-17-21-25-29-33-35-37-41-42-46-50-54-58-62-73(92)106-67-70(109-75(94)64-60-56-52-48-44-38-31-27-23-19-15-11-7-3)68-108-116(104,105)115-88-86(113-89-83(102)79(98)77(96)71(66-91)110-89)82(101)81(100)85(112-76(95)65-61-57-53-49-45-39-32-28-24-20-16-12-8-4)87(88)114-90-84(103)80(99)78(97)72(111-90)69-107-74(93)63-59-55-51-47-43-40-36-34-30-26-22-18-14-10-6-2/h26,30,38-39,44-45,70-72,77-91,96-103H,5-25,27-29,31-37,40-43,46-69H2,1-4H3,(H,104,105)/b30-26-,44-38-,45-39-. The molecule has 2 heterocycles. The second-order valence-electron chi connectivity index (χ2n) is 32.8. The Balaban J connectivity index is 1.92. The molecule has 116 heavy (non-hydrogen) atoms. The number of carbonyl (C=O) groups excluding carboxylic acids is 4. The van der Waals surface area contributed by atoms with Crippen molar-refractivity contribution in [1.29, 1.82) is 0 Å². The fraction of sp³-hybridized carbons (Fsp3) is 0.889. The van der Waals surface area contributed by atoms with Crippen molar-refractivity contribution >= 4 is 31.7 Å². The Kier molecular flexibility index (Phi) is 63.7. The lowest BCUT2D eigenvalue weighted by Gasteiger charge is -2.50. The van der Waals surface area contributed by atoms with E-state index in [0.29, 0.717) is 38.5 Å². The Morgan fingerprint density at radius 1 is 0.336 bits per heavy atom. The summed E-state index contributed by atoms with van der Waals surface area (Å²) in [5.41, 5.74) is 0. The molecule has 26 heteroatoms. The van der Waals surface area contributed by atoms with Crippen LogP contribution in [0.5, 0.6) is 0 Å². The molecule has 0 spiro atoms. The third-order valence-corrected chi connectivity index (χ3v) is 23.3. The molecule has 18 atom stereocenters. The molecule has 0 aromatic carbocycles. The molecule has 3 aliphatic rings. The average Bonchev–Trinajstić information content (AvgIpc) is 0.754. The highest BCUT2D eigenvalue weighted by molar-refractivity contribution is 7.47. The van der Waals surface area contributed by atoms with Gasteiger partial charge in [0.1, 0.15) is 92.6 Å². The molecule has 678 valence electrons. The van der Waals surface area contributed by atoms with Crippen molar-refractivity contribution in [1.82, 2.24) is 0 Å². The molecular weight excluding hydrogens is 1510 g/mol. The predicted molar refractivity (Wildman–Crippen MR) is 449 cm³/mol. The van der Waals surface area contributed by atoms with Gasteiger partial charge in [0.25, 0.3) is 0 Å². The highest BCUT2D eigenvalue weighted by Gasteiger charge is 2.60. The summed E-state index contributed by atoms with van der Waals surface area (Å²) in [4.78, 5) is 66.3. The minimum absolute atomic E-state index is 0.00637. The van der Waals surface area contributed by atoms with Gasteiger partial charge in [0.05, 0.1) is 13.2 Å². The Hall–Kier alpha value is -3.31. The minimum Gasteiger partial charge on any atom is -0.463 e. The zero-order valence-electron chi connectivity index (χ0n) is 72.0. The molecule has 2 saturated heterocycles. The van der Waals surface area contributed by atoms with Crippen LogP contribution in [-0.4, -0.2) is 205 Å². The summed E-state index contributed by atoms with van der Waals surface area (Å²) >= 11 is 0. The number of unbranched alkanes of at least 4 members (excludes halogenated alkanes) is 44. The summed E-state index contributed by atoms with van der Waals surface area (Å²) < 4.78 is 73.3. The molecule has 2 aliphatic heterocycles. The Labute approximate surface area is 697 Å². The van der Waals surface area contributed by atoms with Crippen LogP contribution in [0.3, 0.4) is 0 Å². The summed E-state index contributed by atoms with van der Waals surface area (Å²) in [6, 6.07) is 0. The molecule has 1 aliphatic carbocycles. The lowest BCUT2D eigenvalue weighted by atomic mass is 9.84. The molecular formula is C90H163O25P. The van der Waals surface area contributed by atoms with Crippen LogP contribution in [0.25, 0.3) is 0 Å². The summed E-state index contributed by atoms with van der Waals surface area (Å²) in [6.07, 6.45) is 30.1. The van der Waals surface area contributed by atoms with Crippen LogP contribution < -0.4 is 0 Å². The molecule has 10 N–H and O–H groups in total. The predicted octanol–water partition coefficient (Wildman–Crippen LogP) is 16.7. The van der Waals surface area contributed by atoms with Gasteiger partial charge in [-0.1, -0.05) is 289 Å². The number of hydrogen-bond donors (Lipinski definition) is 10. The molecule has 18 unspecified atom stereocenters. The average molecular weight is 1680 g/mol. The highest BCUT2D eigenvalue weighted by atomic mass is 31.2. The van der Waals surface area contributed by atoms with Gasteiger partial charge in [0.15, 0.2) is 24.8 Å². The monoisotopic (exact) mass is 1680 g/mol. The van der Waals surface area contributed by atoms with E-state index in [9.17, 15) is 74.6 Å². The van der Waals surface area contributed by atoms with E-state index in [-0.39, 0.29) is 32.1 Å². The number of esters is 4. The Morgan fingerprint density at radius 2 is 0.647 bits per heavy atom. The number of ether oxygens (including phenoxy) is 8. The number of aliphatic hydroxyl groups is 9. The van der Waals surface area contributed by atoms with Crippen LogP contribution >= 0.6 is 7.82 Å². The van der Waals surface area contributed by atoms with Crippen molar-refractivity contribution in [2.45, 2.75) is 485 Å². The third kappa shape index (κ3) is 49.1. The topological polar surface area (TPSA) is 380 Å². The third-order valence-electron chi connectivity index (χ3n) is 22.3. The number of phosphoric ester groups is 1. The van der Waals surface area contributed by atoms with Crippen LogP contribution in [0.2, 0.25) is 0 Å². The van der Waals surface area contributed by atoms with Gasteiger partial charge >= 0.3 is 31.7 Å². The first-order valence-corrected chi connectivity index (χ1v) is 47.7. The van der Waals surface area contributed by atoms with E-state index >= 15 is 0 Å².